The van der Waals surface area contributed by atoms with Crippen molar-refractivity contribution in [2.45, 2.75) is 25.2 Å². The second-order valence-corrected chi connectivity index (χ2v) is 3.63. The zero-order valence-electron chi connectivity index (χ0n) is 9.00. The van der Waals surface area contributed by atoms with E-state index >= 15 is 0 Å². The van der Waals surface area contributed by atoms with Crippen LogP contribution >= 0.6 is 0 Å². The molecule has 0 bridgehead atoms. The van der Waals surface area contributed by atoms with Crippen molar-refractivity contribution in [3.8, 4) is 0 Å². The molecule has 0 aliphatic carbocycles. The van der Waals surface area contributed by atoms with Gasteiger partial charge >= 0.3 is 6.18 Å². The summed E-state index contributed by atoms with van der Waals surface area (Å²) in [7, 11) is 1.41. The molecule has 0 aliphatic heterocycles. The van der Waals surface area contributed by atoms with E-state index in [9.17, 15) is 13.2 Å². The van der Waals surface area contributed by atoms with Gasteiger partial charge < -0.3 is 10.2 Å². The van der Waals surface area contributed by atoms with Gasteiger partial charge in [0.1, 0.15) is 11.8 Å². The SMILES string of the molecule is CN(Cc1ccco1)C(CCN)C(F)(F)F. The molecule has 0 spiro atoms. The maximum absolute atomic E-state index is 12.7. The highest BCUT2D eigenvalue weighted by molar-refractivity contribution is 4.98. The van der Waals surface area contributed by atoms with Crippen LogP contribution in [0.3, 0.4) is 0 Å². The highest BCUT2D eigenvalue weighted by Crippen LogP contribution is 2.27. The van der Waals surface area contributed by atoms with Crippen LogP contribution < -0.4 is 5.73 Å². The van der Waals surface area contributed by atoms with Gasteiger partial charge in [-0.2, -0.15) is 13.2 Å². The minimum Gasteiger partial charge on any atom is -0.468 e. The van der Waals surface area contributed by atoms with Gasteiger partial charge in [0.2, 0.25) is 0 Å². The van der Waals surface area contributed by atoms with E-state index in [1.54, 1.807) is 12.1 Å². The predicted molar refractivity (Wildman–Crippen MR) is 53.7 cm³/mol. The van der Waals surface area contributed by atoms with E-state index < -0.39 is 12.2 Å². The van der Waals surface area contributed by atoms with Crippen LogP contribution in [0.25, 0.3) is 0 Å². The molecule has 0 saturated carbocycles. The molecule has 2 N–H and O–H groups in total. The Kier molecular flexibility index (Phi) is 4.37. The fourth-order valence-corrected chi connectivity index (χ4v) is 1.55. The van der Waals surface area contributed by atoms with Gasteiger partial charge in [0, 0.05) is 0 Å². The molecule has 0 aliphatic rings. The molecule has 0 saturated heterocycles. The normalized spacial score (nSPS) is 14.4. The highest BCUT2D eigenvalue weighted by Gasteiger charge is 2.41. The zero-order valence-corrected chi connectivity index (χ0v) is 9.00. The summed E-state index contributed by atoms with van der Waals surface area (Å²) in [5, 5.41) is 0. The van der Waals surface area contributed by atoms with Crippen molar-refractivity contribution in [1.82, 2.24) is 4.90 Å². The number of hydrogen-bond donors (Lipinski definition) is 1. The topological polar surface area (TPSA) is 42.4 Å². The lowest BCUT2D eigenvalue weighted by Crippen LogP contribution is -2.44. The predicted octanol–water partition coefficient (Wildman–Crippen LogP) is 1.99. The summed E-state index contributed by atoms with van der Waals surface area (Å²) in [6.45, 7) is 0.129. The average molecular weight is 236 g/mol. The van der Waals surface area contributed by atoms with E-state index in [0.717, 1.165) is 0 Å². The Hall–Kier alpha value is -1.01. The van der Waals surface area contributed by atoms with E-state index in [2.05, 4.69) is 0 Å². The van der Waals surface area contributed by atoms with Crippen molar-refractivity contribution >= 4 is 0 Å². The first-order valence-electron chi connectivity index (χ1n) is 4.94. The van der Waals surface area contributed by atoms with Gasteiger partial charge in [0.25, 0.3) is 0 Å². The van der Waals surface area contributed by atoms with Crippen LogP contribution in [0.2, 0.25) is 0 Å². The standard InChI is InChI=1S/C10H15F3N2O/c1-15(7-8-3-2-6-16-8)9(4-5-14)10(11,12)13/h2-3,6,9H,4-5,7,14H2,1H3. The van der Waals surface area contributed by atoms with Crippen LogP contribution in [0.4, 0.5) is 13.2 Å². The first-order valence-corrected chi connectivity index (χ1v) is 4.94. The van der Waals surface area contributed by atoms with E-state index in [-0.39, 0.29) is 19.5 Å². The minimum absolute atomic E-state index is 0.00662. The molecule has 1 atom stereocenters. The summed E-state index contributed by atoms with van der Waals surface area (Å²) in [5.41, 5.74) is 5.19. The quantitative estimate of drug-likeness (QED) is 0.850. The lowest BCUT2D eigenvalue weighted by Gasteiger charge is -2.28. The molecule has 0 fully saturated rings. The summed E-state index contributed by atoms with van der Waals surface area (Å²) in [6.07, 6.45) is -2.93. The van der Waals surface area contributed by atoms with Crippen molar-refractivity contribution in [1.29, 1.82) is 0 Å². The second-order valence-electron chi connectivity index (χ2n) is 3.63. The lowest BCUT2D eigenvalue weighted by atomic mass is 10.1. The molecule has 0 radical (unpaired) electrons. The zero-order chi connectivity index (χ0) is 12.2. The fourth-order valence-electron chi connectivity index (χ4n) is 1.55. The van der Waals surface area contributed by atoms with Crippen LogP contribution in [0.5, 0.6) is 0 Å². The number of rotatable bonds is 5. The lowest BCUT2D eigenvalue weighted by molar-refractivity contribution is -0.183. The largest absolute Gasteiger partial charge is 0.468 e. The Morgan fingerprint density at radius 3 is 2.62 bits per heavy atom. The Bertz CT molecular complexity index is 298. The Balaban J connectivity index is 2.64. The molecule has 1 rings (SSSR count). The van der Waals surface area contributed by atoms with Gasteiger partial charge in [0.15, 0.2) is 0 Å². The van der Waals surface area contributed by atoms with Gasteiger partial charge in [-0.05, 0) is 32.1 Å². The first-order chi connectivity index (χ1) is 7.45. The van der Waals surface area contributed by atoms with E-state index in [0.29, 0.717) is 5.76 Å². The Labute approximate surface area is 92.0 Å². The van der Waals surface area contributed by atoms with Crippen LogP contribution in [0.15, 0.2) is 22.8 Å². The highest BCUT2D eigenvalue weighted by atomic mass is 19.4. The molecule has 1 aromatic rings. The van der Waals surface area contributed by atoms with Gasteiger partial charge in [-0.1, -0.05) is 0 Å². The van der Waals surface area contributed by atoms with Crippen molar-refractivity contribution in [3.63, 3.8) is 0 Å². The van der Waals surface area contributed by atoms with Crippen LogP contribution in [0.1, 0.15) is 12.2 Å². The molecular weight excluding hydrogens is 221 g/mol. The molecular formula is C10H15F3N2O. The maximum Gasteiger partial charge on any atom is 0.404 e. The molecule has 3 nitrogen and oxygen atoms in total. The maximum atomic E-state index is 12.7. The Morgan fingerprint density at radius 2 is 2.19 bits per heavy atom. The minimum atomic E-state index is -4.26. The number of alkyl halides is 3. The van der Waals surface area contributed by atoms with Crippen LogP contribution in [-0.2, 0) is 6.54 Å². The van der Waals surface area contributed by atoms with Crippen molar-refractivity contribution in [3.05, 3.63) is 24.2 Å². The van der Waals surface area contributed by atoms with E-state index in [1.165, 1.54) is 18.2 Å². The van der Waals surface area contributed by atoms with Gasteiger partial charge in [-0.25, -0.2) is 0 Å². The van der Waals surface area contributed by atoms with Gasteiger partial charge in [0.05, 0.1) is 12.8 Å². The molecule has 16 heavy (non-hydrogen) atoms. The van der Waals surface area contributed by atoms with Gasteiger partial charge in [-0.3, -0.25) is 4.90 Å². The van der Waals surface area contributed by atoms with Crippen LogP contribution in [0, 0.1) is 0 Å². The molecule has 92 valence electrons. The third-order valence-electron chi connectivity index (χ3n) is 2.34. The van der Waals surface area contributed by atoms with Crippen molar-refractivity contribution in [2.75, 3.05) is 13.6 Å². The molecule has 0 amide bonds. The molecule has 1 heterocycles. The van der Waals surface area contributed by atoms with E-state index in [1.807, 2.05) is 0 Å². The summed E-state index contributed by atoms with van der Waals surface area (Å²) >= 11 is 0. The first kappa shape index (κ1) is 13.1. The van der Waals surface area contributed by atoms with Crippen molar-refractivity contribution < 1.29 is 17.6 Å². The molecule has 1 unspecified atom stereocenters. The third-order valence-corrected chi connectivity index (χ3v) is 2.34. The van der Waals surface area contributed by atoms with Gasteiger partial charge in [-0.15, -0.1) is 0 Å². The number of nitrogens with two attached hydrogens (primary N) is 1. The van der Waals surface area contributed by atoms with E-state index in [4.69, 9.17) is 10.2 Å². The molecule has 0 aromatic carbocycles. The van der Waals surface area contributed by atoms with Crippen LogP contribution in [-0.4, -0.2) is 30.7 Å². The molecule has 1 aromatic heterocycles. The third kappa shape index (κ3) is 3.53. The van der Waals surface area contributed by atoms with Crippen molar-refractivity contribution in [2.24, 2.45) is 5.73 Å². The Morgan fingerprint density at radius 1 is 1.50 bits per heavy atom. The number of hydrogen-bond acceptors (Lipinski definition) is 3. The summed E-state index contributed by atoms with van der Waals surface area (Å²) < 4.78 is 43.0. The fraction of sp³-hybridized carbons (Fsp3) is 0.600. The number of nitrogens with zero attached hydrogens (tertiary/aromatic N) is 1. The summed E-state index contributed by atoms with van der Waals surface area (Å²) in [4.78, 5) is 1.20. The number of halogens is 3. The summed E-state index contributed by atoms with van der Waals surface area (Å²) in [6, 6.07) is 1.77. The monoisotopic (exact) mass is 236 g/mol. The smallest absolute Gasteiger partial charge is 0.404 e. The number of furan rings is 1. The second kappa shape index (κ2) is 5.36. The molecule has 6 heteroatoms. The summed E-state index contributed by atoms with van der Waals surface area (Å²) in [5.74, 6) is 0.508. The average Bonchev–Trinajstić information content (AvgIpc) is 2.64.